The van der Waals surface area contributed by atoms with Crippen molar-refractivity contribution in [2.75, 3.05) is 13.2 Å². The maximum absolute atomic E-state index is 9.34. The molecule has 0 aliphatic rings. The average Bonchev–Trinajstić information content (AvgIpc) is 2.00. The second kappa shape index (κ2) is 4.80. The molecule has 3 N–H and O–H groups in total. The van der Waals surface area contributed by atoms with Crippen LogP contribution in [-0.2, 0) is 0 Å². The molecule has 0 aliphatic carbocycles. The van der Waals surface area contributed by atoms with Crippen molar-refractivity contribution in [1.82, 2.24) is 5.32 Å². The minimum Gasteiger partial charge on any atom is -0.396 e. The summed E-state index contributed by atoms with van der Waals surface area (Å²) in [7, 11) is 0. The van der Waals surface area contributed by atoms with Crippen LogP contribution in [0.25, 0.3) is 0 Å². The summed E-state index contributed by atoms with van der Waals surface area (Å²) in [6.45, 7) is 8.53. The molecular formula is C9H21NO2. The van der Waals surface area contributed by atoms with E-state index in [2.05, 4.69) is 5.32 Å². The van der Waals surface area contributed by atoms with Crippen LogP contribution in [0, 0.1) is 5.92 Å². The molecule has 0 radical (unpaired) electrons. The SMILES string of the molecule is CC(CO)CNC(C)(C)C(C)O. The van der Waals surface area contributed by atoms with Crippen LogP contribution in [0.5, 0.6) is 0 Å². The molecule has 0 saturated heterocycles. The Morgan fingerprint density at radius 1 is 1.33 bits per heavy atom. The van der Waals surface area contributed by atoms with Gasteiger partial charge in [-0.05, 0) is 26.7 Å². The summed E-state index contributed by atoms with van der Waals surface area (Å²) in [5, 5.41) is 21.3. The third-order valence-electron chi connectivity index (χ3n) is 2.26. The van der Waals surface area contributed by atoms with Crippen molar-refractivity contribution < 1.29 is 10.2 Å². The lowest BCUT2D eigenvalue weighted by atomic mass is 9.98. The molecule has 0 fully saturated rings. The van der Waals surface area contributed by atoms with Gasteiger partial charge in [0, 0.05) is 18.7 Å². The van der Waals surface area contributed by atoms with Gasteiger partial charge in [-0.1, -0.05) is 6.92 Å². The predicted molar refractivity (Wildman–Crippen MR) is 50.0 cm³/mol. The van der Waals surface area contributed by atoms with E-state index in [0.29, 0.717) is 0 Å². The molecule has 0 aromatic carbocycles. The van der Waals surface area contributed by atoms with Crippen LogP contribution in [0.1, 0.15) is 27.7 Å². The highest BCUT2D eigenvalue weighted by Gasteiger charge is 2.23. The zero-order valence-corrected chi connectivity index (χ0v) is 8.46. The van der Waals surface area contributed by atoms with E-state index in [0.717, 1.165) is 6.54 Å². The molecule has 12 heavy (non-hydrogen) atoms. The van der Waals surface area contributed by atoms with E-state index >= 15 is 0 Å². The van der Waals surface area contributed by atoms with Gasteiger partial charge in [-0.25, -0.2) is 0 Å². The first-order chi connectivity index (χ1) is 5.40. The Hall–Kier alpha value is -0.120. The highest BCUT2D eigenvalue weighted by molar-refractivity contribution is 4.83. The number of hydrogen-bond acceptors (Lipinski definition) is 3. The number of aliphatic hydroxyl groups excluding tert-OH is 2. The minimum absolute atomic E-state index is 0.183. The van der Waals surface area contributed by atoms with E-state index < -0.39 is 0 Å². The van der Waals surface area contributed by atoms with Crippen molar-refractivity contribution in [3.05, 3.63) is 0 Å². The quantitative estimate of drug-likeness (QED) is 0.565. The summed E-state index contributed by atoms with van der Waals surface area (Å²) in [6, 6.07) is 0. The van der Waals surface area contributed by atoms with Crippen LogP contribution in [0.3, 0.4) is 0 Å². The molecule has 2 atom stereocenters. The Balaban J connectivity index is 3.75. The smallest absolute Gasteiger partial charge is 0.0688 e. The van der Waals surface area contributed by atoms with Gasteiger partial charge < -0.3 is 15.5 Å². The fraction of sp³-hybridized carbons (Fsp3) is 1.00. The standard InChI is InChI=1S/C9H21NO2/c1-7(6-11)5-10-9(3,4)8(2)12/h7-8,10-12H,5-6H2,1-4H3. The van der Waals surface area contributed by atoms with E-state index in [-0.39, 0.29) is 24.2 Å². The van der Waals surface area contributed by atoms with Crippen LogP contribution >= 0.6 is 0 Å². The van der Waals surface area contributed by atoms with Crippen molar-refractivity contribution >= 4 is 0 Å². The van der Waals surface area contributed by atoms with Gasteiger partial charge in [-0.3, -0.25) is 0 Å². The lowest BCUT2D eigenvalue weighted by Crippen LogP contribution is -2.49. The van der Waals surface area contributed by atoms with Crippen LogP contribution in [0.2, 0.25) is 0 Å². The molecule has 0 bridgehead atoms. The summed E-state index contributed by atoms with van der Waals surface area (Å²) in [6.07, 6.45) is -0.386. The van der Waals surface area contributed by atoms with Gasteiger partial charge in [0.15, 0.2) is 0 Å². The summed E-state index contributed by atoms with van der Waals surface area (Å²) in [4.78, 5) is 0. The first kappa shape index (κ1) is 11.9. The highest BCUT2D eigenvalue weighted by atomic mass is 16.3. The maximum atomic E-state index is 9.34. The molecule has 0 aromatic heterocycles. The molecule has 0 aliphatic heterocycles. The van der Waals surface area contributed by atoms with Crippen LogP contribution < -0.4 is 5.32 Å². The summed E-state index contributed by atoms with van der Waals surface area (Å²) < 4.78 is 0. The molecule has 0 saturated carbocycles. The Kier molecular flexibility index (Phi) is 4.75. The largest absolute Gasteiger partial charge is 0.396 e. The minimum atomic E-state index is -0.386. The topological polar surface area (TPSA) is 52.5 Å². The molecule has 0 rings (SSSR count). The summed E-state index contributed by atoms with van der Waals surface area (Å²) >= 11 is 0. The summed E-state index contributed by atoms with van der Waals surface area (Å²) in [5.41, 5.74) is -0.274. The van der Waals surface area contributed by atoms with Gasteiger partial charge in [0.05, 0.1) is 6.10 Å². The molecule has 0 heterocycles. The molecule has 2 unspecified atom stereocenters. The maximum Gasteiger partial charge on any atom is 0.0688 e. The van der Waals surface area contributed by atoms with Gasteiger partial charge in [0.25, 0.3) is 0 Å². The number of rotatable bonds is 5. The number of aliphatic hydroxyl groups is 2. The van der Waals surface area contributed by atoms with Crippen LogP contribution in [0.4, 0.5) is 0 Å². The van der Waals surface area contributed by atoms with E-state index in [1.807, 2.05) is 20.8 Å². The molecule has 0 aromatic rings. The summed E-state index contributed by atoms with van der Waals surface area (Å²) in [5.74, 6) is 0.239. The number of hydrogen-bond donors (Lipinski definition) is 3. The van der Waals surface area contributed by atoms with Crippen molar-refractivity contribution in [2.24, 2.45) is 5.92 Å². The Labute approximate surface area is 74.8 Å². The molecule has 3 nitrogen and oxygen atoms in total. The van der Waals surface area contributed by atoms with Gasteiger partial charge in [-0.2, -0.15) is 0 Å². The second-order valence-corrected chi connectivity index (χ2v) is 4.07. The van der Waals surface area contributed by atoms with Gasteiger partial charge in [0.2, 0.25) is 0 Å². The zero-order valence-electron chi connectivity index (χ0n) is 8.46. The Bertz CT molecular complexity index is 124. The van der Waals surface area contributed by atoms with Crippen molar-refractivity contribution in [1.29, 1.82) is 0 Å². The van der Waals surface area contributed by atoms with Crippen LogP contribution in [-0.4, -0.2) is 35.0 Å². The number of nitrogens with one attached hydrogen (secondary N) is 1. The predicted octanol–water partition coefficient (Wildman–Crippen LogP) is 0.364. The molecule has 0 spiro atoms. The second-order valence-electron chi connectivity index (χ2n) is 4.07. The molecule has 0 amide bonds. The lowest BCUT2D eigenvalue weighted by molar-refractivity contribution is 0.0908. The Morgan fingerprint density at radius 2 is 1.83 bits per heavy atom. The molecule has 3 heteroatoms. The Morgan fingerprint density at radius 3 is 2.17 bits per heavy atom. The first-order valence-electron chi connectivity index (χ1n) is 4.44. The zero-order chi connectivity index (χ0) is 9.78. The third-order valence-corrected chi connectivity index (χ3v) is 2.26. The van der Waals surface area contributed by atoms with E-state index in [4.69, 9.17) is 5.11 Å². The van der Waals surface area contributed by atoms with Crippen molar-refractivity contribution in [3.8, 4) is 0 Å². The van der Waals surface area contributed by atoms with E-state index in [9.17, 15) is 5.11 Å². The first-order valence-corrected chi connectivity index (χ1v) is 4.44. The average molecular weight is 175 g/mol. The third kappa shape index (κ3) is 4.04. The fourth-order valence-corrected chi connectivity index (χ4v) is 0.650. The van der Waals surface area contributed by atoms with Gasteiger partial charge >= 0.3 is 0 Å². The van der Waals surface area contributed by atoms with Crippen molar-refractivity contribution in [2.45, 2.75) is 39.3 Å². The van der Waals surface area contributed by atoms with E-state index in [1.165, 1.54) is 0 Å². The fourth-order valence-electron chi connectivity index (χ4n) is 0.650. The monoisotopic (exact) mass is 175 g/mol. The van der Waals surface area contributed by atoms with Gasteiger partial charge in [0.1, 0.15) is 0 Å². The molecular weight excluding hydrogens is 154 g/mol. The van der Waals surface area contributed by atoms with Crippen LogP contribution in [0.15, 0.2) is 0 Å². The van der Waals surface area contributed by atoms with E-state index in [1.54, 1.807) is 6.92 Å². The lowest BCUT2D eigenvalue weighted by Gasteiger charge is -2.30. The highest BCUT2D eigenvalue weighted by Crippen LogP contribution is 2.08. The van der Waals surface area contributed by atoms with Gasteiger partial charge in [-0.15, -0.1) is 0 Å². The van der Waals surface area contributed by atoms with Crippen molar-refractivity contribution in [3.63, 3.8) is 0 Å². The molecule has 74 valence electrons. The normalized spacial score (nSPS) is 17.5.